The number of aromatic amines is 1. The average Bonchev–Trinajstić information content (AvgIpc) is 3.43. The molecular formula is C26H30N2O6S. The molecule has 2 heterocycles. The van der Waals surface area contributed by atoms with Gasteiger partial charge in [0.05, 0.1) is 22.1 Å². The monoisotopic (exact) mass is 498 g/mol. The molecule has 1 amide bonds. The van der Waals surface area contributed by atoms with Gasteiger partial charge in [-0.15, -0.1) is 11.3 Å². The van der Waals surface area contributed by atoms with E-state index >= 15 is 0 Å². The lowest BCUT2D eigenvalue weighted by molar-refractivity contribution is -0.137. The molecule has 1 aromatic carbocycles. The first kappa shape index (κ1) is 26.0. The average molecular weight is 499 g/mol. The van der Waals surface area contributed by atoms with E-state index in [0.29, 0.717) is 27.3 Å². The second-order valence-electron chi connectivity index (χ2n) is 8.33. The molecule has 186 valence electrons. The van der Waals surface area contributed by atoms with E-state index in [9.17, 15) is 14.4 Å². The molecule has 0 aliphatic heterocycles. The Balaban J connectivity index is 1.84. The number of furan rings is 1. The third-order valence-electron chi connectivity index (χ3n) is 5.02. The Morgan fingerprint density at radius 3 is 2.49 bits per heavy atom. The molecular weight excluding hydrogens is 468 g/mol. The van der Waals surface area contributed by atoms with Crippen LogP contribution in [0, 0.1) is 0 Å². The predicted octanol–water partition coefficient (Wildman–Crippen LogP) is 2.94. The zero-order valence-electron chi connectivity index (χ0n) is 20.5. The van der Waals surface area contributed by atoms with Crippen molar-refractivity contribution in [1.82, 2.24) is 9.88 Å². The van der Waals surface area contributed by atoms with Gasteiger partial charge < -0.3 is 23.8 Å². The molecule has 0 aliphatic carbocycles. The highest BCUT2D eigenvalue weighted by Crippen LogP contribution is 2.29. The standard InChI is InChI=1S/C26H30N2O6S/c1-6-32-22-12-18(9-10-21(22)34-15-25(30)28(16(2)3)17(4)5)13-23-26(31)27-24(35-23)14-19(29)20-8-7-11-33-20/h7-14,16-17H,6,15H2,1-5H3,(H,27,31)/b23-13-,24-14-. The largest absolute Gasteiger partial charge is 0.490 e. The molecule has 0 spiro atoms. The highest BCUT2D eigenvalue weighted by atomic mass is 32.1. The van der Waals surface area contributed by atoms with E-state index in [2.05, 4.69) is 4.98 Å². The van der Waals surface area contributed by atoms with Crippen LogP contribution in [0.3, 0.4) is 0 Å². The maximum Gasteiger partial charge on any atom is 0.266 e. The van der Waals surface area contributed by atoms with Crippen LogP contribution in [0.1, 0.15) is 50.7 Å². The van der Waals surface area contributed by atoms with Gasteiger partial charge in [0.25, 0.3) is 11.5 Å². The van der Waals surface area contributed by atoms with E-state index < -0.39 is 0 Å². The van der Waals surface area contributed by atoms with Crippen LogP contribution in [0.25, 0.3) is 12.2 Å². The Hall–Kier alpha value is -3.59. The number of benzene rings is 1. The first-order chi connectivity index (χ1) is 16.7. The van der Waals surface area contributed by atoms with Gasteiger partial charge >= 0.3 is 0 Å². The number of hydrogen-bond donors (Lipinski definition) is 1. The van der Waals surface area contributed by atoms with Crippen molar-refractivity contribution in [2.45, 2.75) is 46.7 Å². The topological polar surface area (TPSA) is 102 Å². The van der Waals surface area contributed by atoms with Crippen molar-refractivity contribution in [3.63, 3.8) is 0 Å². The van der Waals surface area contributed by atoms with E-state index in [1.807, 2.05) is 34.6 Å². The summed E-state index contributed by atoms with van der Waals surface area (Å²) in [5, 5.41) is 0. The Morgan fingerprint density at radius 2 is 1.86 bits per heavy atom. The first-order valence-corrected chi connectivity index (χ1v) is 12.2. The van der Waals surface area contributed by atoms with Crippen molar-refractivity contribution in [2.75, 3.05) is 13.2 Å². The Kier molecular flexibility index (Phi) is 8.70. The Labute approximate surface area is 207 Å². The molecule has 3 rings (SSSR count). The number of ether oxygens (including phenoxy) is 2. The molecule has 3 aromatic rings. The van der Waals surface area contributed by atoms with Crippen LogP contribution in [0.5, 0.6) is 11.5 Å². The molecule has 0 saturated carbocycles. The number of Topliss-reactive ketones (excluding diaryl/α,β-unsaturated/α-hetero) is 1. The molecule has 0 bridgehead atoms. The summed E-state index contributed by atoms with van der Waals surface area (Å²) in [7, 11) is 0. The number of nitrogens with zero attached hydrogens (tertiary/aromatic N) is 1. The van der Waals surface area contributed by atoms with Crippen LogP contribution in [0.2, 0.25) is 0 Å². The van der Waals surface area contributed by atoms with Gasteiger partial charge in [-0.3, -0.25) is 14.4 Å². The number of rotatable bonds is 10. The van der Waals surface area contributed by atoms with Gasteiger partial charge in [-0.1, -0.05) is 6.07 Å². The van der Waals surface area contributed by atoms with E-state index in [1.165, 1.54) is 12.3 Å². The number of carbonyl (C=O) groups is 2. The molecule has 0 aliphatic rings. The van der Waals surface area contributed by atoms with Crippen molar-refractivity contribution < 1.29 is 23.5 Å². The second-order valence-corrected chi connectivity index (χ2v) is 9.42. The van der Waals surface area contributed by atoms with Gasteiger partial charge in [0.1, 0.15) is 0 Å². The van der Waals surface area contributed by atoms with Gasteiger partial charge in [-0.25, -0.2) is 0 Å². The summed E-state index contributed by atoms with van der Waals surface area (Å²) in [5.41, 5.74) is 0.411. The van der Waals surface area contributed by atoms with E-state index in [1.54, 1.807) is 41.3 Å². The minimum Gasteiger partial charge on any atom is -0.490 e. The fraction of sp³-hybridized carbons (Fsp3) is 0.346. The number of thiazole rings is 1. The minimum absolute atomic E-state index is 0.0647. The van der Waals surface area contributed by atoms with Gasteiger partial charge in [0.15, 0.2) is 23.9 Å². The molecule has 9 heteroatoms. The van der Waals surface area contributed by atoms with Crippen LogP contribution >= 0.6 is 11.3 Å². The molecule has 35 heavy (non-hydrogen) atoms. The molecule has 0 fully saturated rings. The number of aromatic nitrogens is 1. The number of H-pyrrole nitrogens is 1. The second kappa shape index (κ2) is 11.7. The summed E-state index contributed by atoms with van der Waals surface area (Å²) in [6, 6.07) is 8.57. The van der Waals surface area contributed by atoms with Gasteiger partial charge in [-0.05, 0) is 70.5 Å². The fourth-order valence-corrected chi connectivity index (χ4v) is 4.56. The molecule has 0 saturated heterocycles. The lowest BCUT2D eigenvalue weighted by Gasteiger charge is -2.30. The number of carbonyl (C=O) groups excluding carboxylic acids is 2. The van der Waals surface area contributed by atoms with E-state index in [4.69, 9.17) is 13.9 Å². The third kappa shape index (κ3) is 6.73. The lowest BCUT2D eigenvalue weighted by atomic mass is 10.2. The van der Waals surface area contributed by atoms with Crippen molar-refractivity contribution in [2.24, 2.45) is 0 Å². The fourth-order valence-electron chi connectivity index (χ4n) is 3.67. The zero-order chi connectivity index (χ0) is 25.5. The van der Waals surface area contributed by atoms with Crippen molar-refractivity contribution in [3.8, 4) is 11.5 Å². The van der Waals surface area contributed by atoms with Crippen LogP contribution in [0.15, 0.2) is 45.8 Å². The number of hydrogen-bond acceptors (Lipinski definition) is 7. The Morgan fingerprint density at radius 1 is 1.11 bits per heavy atom. The summed E-state index contributed by atoms with van der Waals surface area (Å²) in [5.74, 6) is 0.684. The van der Waals surface area contributed by atoms with Crippen LogP contribution in [0.4, 0.5) is 0 Å². The first-order valence-electron chi connectivity index (χ1n) is 11.4. The third-order valence-corrected chi connectivity index (χ3v) is 5.99. The maximum absolute atomic E-state index is 12.7. The van der Waals surface area contributed by atoms with Crippen molar-refractivity contribution >= 4 is 35.2 Å². The molecule has 0 unspecified atom stereocenters. The quantitative estimate of drug-likeness (QED) is 0.431. The zero-order valence-corrected chi connectivity index (χ0v) is 21.3. The van der Waals surface area contributed by atoms with Gasteiger partial charge in [0, 0.05) is 18.2 Å². The van der Waals surface area contributed by atoms with Crippen LogP contribution < -0.4 is 24.2 Å². The molecule has 0 radical (unpaired) electrons. The smallest absolute Gasteiger partial charge is 0.266 e. The van der Waals surface area contributed by atoms with E-state index in [-0.39, 0.29) is 41.7 Å². The molecule has 0 atom stereocenters. The normalized spacial score (nSPS) is 12.4. The van der Waals surface area contributed by atoms with Crippen molar-refractivity contribution in [1.29, 1.82) is 0 Å². The van der Waals surface area contributed by atoms with Crippen molar-refractivity contribution in [3.05, 3.63) is 67.5 Å². The highest BCUT2D eigenvalue weighted by molar-refractivity contribution is 7.07. The lowest BCUT2D eigenvalue weighted by Crippen LogP contribution is -2.44. The number of nitrogens with one attached hydrogen (secondary N) is 1. The van der Waals surface area contributed by atoms with E-state index in [0.717, 1.165) is 16.9 Å². The molecule has 2 aromatic heterocycles. The molecule has 1 N–H and O–H groups in total. The van der Waals surface area contributed by atoms with Gasteiger partial charge in [0.2, 0.25) is 5.78 Å². The summed E-state index contributed by atoms with van der Waals surface area (Å²) >= 11 is 1.16. The number of amides is 1. The summed E-state index contributed by atoms with van der Waals surface area (Å²) in [6.07, 6.45) is 4.45. The SMILES string of the molecule is CCOc1cc(/C=c2\s/c(=C\C(=O)c3ccco3)[nH]c2=O)ccc1OCC(=O)N(C(C)C)C(C)C. The predicted molar refractivity (Wildman–Crippen MR) is 135 cm³/mol. The van der Waals surface area contributed by atoms with Crippen LogP contribution in [-0.4, -0.2) is 46.9 Å². The number of ketones is 1. The maximum atomic E-state index is 12.7. The Bertz CT molecular complexity index is 1330. The summed E-state index contributed by atoms with van der Waals surface area (Å²) in [4.78, 5) is 41.7. The summed E-state index contributed by atoms with van der Waals surface area (Å²) in [6.45, 7) is 10.0. The van der Waals surface area contributed by atoms with Gasteiger partial charge in [-0.2, -0.15) is 0 Å². The highest BCUT2D eigenvalue weighted by Gasteiger charge is 2.21. The minimum atomic E-state index is -0.331. The molecule has 8 nitrogen and oxygen atoms in total. The van der Waals surface area contributed by atoms with Crippen LogP contribution in [-0.2, 0) is 4.79 Å². The summed E-state index contributed by atoms with van der Waals surface area (Å²) < 4.78 is 17.5.